The van der Waals surface area contributed by atoms with Gasteiger partial charge < -0.3 is 20.7 Å². The minimum Gasteiger partial charge on any atom is -0.494 e. The molecule has 1 unspecified atom stereocenters. The Morgan fingerprint density at radius 2 is 1.79 bits per heavy atom. The smallest absolute Gasteiger partial charge is 0.269 e. The van der Waals surface area contributed by atoms with Crippen LogP contribution in [0.4, 0.5) is 5.69 Å². The molecule has 0 aromatic heterocycles. The summed E-state index contributed by atoms with van der Waals surface area (Å²) < 4.78 is 5.78. The first-order valence-electron chi connectivity index (χ1n) is 14.0. The maximum atomic E-state index is 10.9. The van der Waals surface area contributed by atoms with Crippen LogP contribution in [0.2, 0.25) is 0 Å². The van der Waals surface area contributed by atoms with E-state index in [1.807, 2.05) is 35.2 Å². The number of piperazine rings is 1. The second-order valence-electron chi connectivity index (χ2n) is 10.0. The van der Waals surface area contributed by atoms with E-state index in [9.17, 15) is 10.1 Å². The van der Waals surface area contributed by atoms with E-state index in [1.54, 1.807) is 12.1 Å². The predicted molar refractivity (Wildman–Crippen MR) is 153 cm³/mol. The van der Waals surface area contributed by atoms with Gasteiger partial charge in [0.05, 0.1) is 11.5 Å². The summed E-state index contributed by atoms with van der Waals surface area (Å²) in [7, 11) is 0. The zero-order chi connectivity index (χ0) is 27.0. The Morgan fingerprint density at radius 3 is 2.53 bits per heavy atom. The normalized spacial score (nSPS) is 15.7. The number of guanidine groups is 1. The van der Waals surface area contributed by atoms with E-state index >= 15 is 0 Å². The van der Waals surface area contributed by atoms with Crippen molar-refractivity contribution in [2.45, 2.75) is 64.0 Å². The summed E-state index contributed by atoms with van der Waals surface area (Å²) >= 11 is 0. The average molecular weight is 525 g/mol. The Bertz CT molecular complexity index is 957. The van der Waals surface area contributed by atoms with E-state index in [-0.39, 0.29) is 11.6 Å². The van der Waals surface area contributed by atoms with Gasteiger partial charge >= 0.3 is 0 Å². The molecule has 2 aromatic rings. The number of hydrogen-bond donors (Lipinski definition) is 3. The number of para-hydroxylation sites is 1. The summed E-state index contributed by atoms with van der Waals surface area (Å²) in [6, 6.07) is 17.1. The number of nitro groups is 1. The number of hydrogen-bond acceptors (Lipinski definition) is 6. The lowest BCUT2D eigenvalue weighted by Gasteiger charge is -2.36. The van der Waals surface area contributed by atoms with Crippen molar-refractivity contribution in [3.8, 4) is 5.75 Å². The van der Waals surface area contributed by atoms with Crippen LogP contribution in [0.3, 0.4) is 0 Å². The number of nitrogens with two attached hydrogens (primary N) is 1. The molecule has 38 heavy (non-hydrogen) atoms. The molecule has 3 rings (SSSR count). The van der Waals surface area contributed by atoms with E-state index in [0.29, 0.717) is 19.1 Å². The van der Waals surface area contributed by atoms with Gasteiger partial charge in [-0.1, -0.05) is 56.0 Å². The topological polar surface area (TPSA) is 121 Å². The van der Waals surface area contributed by atoms with Gasteiger partial charge in [0.1, 0.15) is 5.75 Å². The van der Waals surface area contributed by atoms with Crippen LogP contribution >= 0.6 is 0 Å². The van der Waals surface area contributed by atoms with Crippen molar-refractivity contribution in [1.29, 1.82) is 5.41 Å². The Hall–Kier alpha value is -3.17. The van der Waals surface area contributed by atoms with Crippen LogP contribution in [-0.2, 0) is 6.54 Å². The molecular formula is C29H44N6O3. The fourth-order valence-corrected chi connectivity index (χ4v) is 4.95. The number of benzene rings is 2. The second-order valence-corrected chi connectivity index (χ2v) is 10.0. The van der Waals surface area contributed by atoms with Gasteiger partial charge in [-0.05, 0) is 49.9 Å². The van der Waals surface area contributed by atoms with E-state index in [4.69, 9.17) is 15.9 Å². The van der Waals surface area contributed by atoms with Gasteiger partial charge in [-0.15, -0.1) is 0 Å². The highest BCUT2D eigenvalue weighted by atomic mass is 16.6. The maximum Gasteiger partial charge on any atom is 0.269 e. The molecule has 2 aromatic carbocycles. The third-order valence-corrected chi connectivity index (χ3v) is 7.15. The quantitative estimate of drug-likeness (QED) is 0.0896. The summed E-state index contributed by atoms with van der Waals surface area (Å²) in [4.78, 5) is 14.9. The van der Waals surface area contributed by atoms with E-state index in [2.05, 4.69) is 10.2 Å². The molecule has 9 heteroatoms. The van der Waals surface area contributed by atoms with Gasteiger partial charge in [0.2, 0.25) is 0 Å². The lowest BCUT2D eigenvalue weighted by atomic mass is 10.0. The van der Waals surface area contributed by atoms with Crippen LogP contribution in [0.5, 0.6) is 5.75 Å². The zero-order valence-electron chi connectivity index (χ0n) is 22.5. The number of ether oxygens (including phenoxy) is 1. The predicted octanol–water partition coefficient (Wildman–Crippen LogP) is 4.76. The lowest BCUT2D eigenvalue weighted by Crippen LogP contribution is -2.51. The highest BCUT2D eigenvalue weighted by Crippen LogP contribution is 2.16. The third kappa shape index (κ3) is 10.7. The summed E-state index contributed by atoms with van der Waals surface area (Å²) in [6.07, 6.45) is 9.35. The first kappa shape index (κ1) is 29.4. The number of nitrogens with one attached hydrogen (secondary N) is 2. The van der Waals surface area contributed by atoms with Gasteiger partial charge in [-0.3, -0.25) is 20.4 Å². The molecule has 1 heterocycles. The first-order chi connectivity index (χ1) is 18.5. The van der Waals surface area contributed by atoms with Crippen molar-refractivity contribution in [2.24, 2.45) is 5.73 Å². The van der Waals surface area contributed by atoms with Crippen molar-refractivity contribution in [2.75, 3.05) is 39.3 Å². The van der Waals surface area contributed by atoms with Gasteiger partial charge in [0, 0.05) is 50.9 Å². The van der Waals surface area contributed by atoms with Gasteiger partial charge in [-0.25, -0.2) is 0 Å². The highest BCUT2D eigenvalue weighted by molar-refractivity contribution is 5.74. The second kappa shape index (κ2) is 16.6. The summed E-state index contributed by atoms with van der Waals surface area (Å²) in [6.45, 7) is 6.23. The van der Waals surface area contributed by atoms with Crippen LogP contribution in [0, 0.1) is 15.5 Å². The number of nitro benzene ring substituents is 1. The van der Waals surface area contributed by atoms with Crippen molar-refractivity contribution in [3.63, 3.8) is 0 Å². The summed E-state index contributed by atoms with van der Waals surface area (Å²) in [5.41, 5.74) is 6.80. The first-order valence-corrected chi connectivity index (χ1v) is 14.0. The van der Waals surface area contributed by atoms with Gasteiger partial charge in [-0.2, -0.15) is 0 Å². The zero-order valence-corrected chi connectivity index (χ0v) is 22.5. The molecule has 0 saturated carbocycles. The minimum atomic E-state index is -0.403. The molecule has 4 N–H and O–H groups in total. The fraction of sp³-hybridized carbons (Fsp3) is 0.552. The number of rotatable bonds is 17. The molecule has 1 aliphatic rings. The van der Waals surface area contributed by atoms with Gasteiger partial charge in [0.25, 0.3) is 5.69 Å². The number of unbranched alkanes of at least 4 members (excludes halogenated alkanes) is 5. The van der Waals surface area contributed by atoms with Crippen molar-refractivity contribution in [3.05, 3.63) is 70.3 Å². The van der Waals surface area contributed by atoms with Crippen molar-refractivity contribution in [1.82, 2.24) is 15.1 Å². The van der Waals surface area contributed by atoms with E-state index < -0.39 is 4.92 Å². The molecule has 0 spiro atoms. The van der Waals surface area contributed by atoms with E-state index in [1.165, 1.54) is 44.2 Å². The van der Waals surface area contributed by atoms with Crippen LogP contribution in [0.1, 0.15) is 56.9 Å². The highest BCUT2D eigenvalue weighted by Gasteiger charge is 2.21. The Labute approximate surface area is 227 Å². The largest absolute Gasteiger partial charge is 0.494 e. The number of non-ortho nitro benzene ring substituents is 1. The van der Waals surface area contributed by atoms with Crippen LogP contribution < -0.4 is 15.8 Å². The number of nitrogens with zero attached hydrogens (tertiary/aromatic N) is 3. The summed E-state index contributed by atoms with van der Waals surface area (Å²) in [5.74, 6) is 0.992. The van der Waals surface area contributed by atoms with Gasteiger partial charge in [0.15, 0.2) is 5.96 Å². The van der Waals surface area contributed by atoms with Crippen molar-refractivity contribution < 1.29 is 9.66 Å². The lowest BCUT2D eigenvalue weighted by molar-refractivity contribution is -0.384. The minimum absolute atomic E-state index is 0.0371. The monoisotopic (exact) mass is 524 g/mol. The molecule has 0 bridgehead atoms. The molecule has 1 aliphatic heterocycles. The molecule has 9 nitrogen and oxygen atoms in total. The maximum absolute atomic E-state index is 10.9. The standard InChI is InChI=1S/C29H44N6O3/c30-29(31)34(24-25-14-16-26(17-15-25)35(36)37)20-9-8-19-33-21-18-32-23-27(33)11-5-2-1-3-10-22-38-28-12-6-4-7-13-28/h4,6-7,12-17,27,32H,1-3,5,8-11,18-24H2,(H3,30,31). The van der Waals surface area contributed by atoms with Crippen molar-refractivity contribution >= 4 is 11.6 Å². The molecule has 0 radical (unpaired) electrons. The van der Waals surface area contributed by atoms with Crippen LogP contribution in [0.25, 0.3) is 0 Å². The average Bonchev–Trinajstić information content (AvgIpc) is 2.93. The molecule has 0 aliphatic carbocycles. The molecule has 208 valence electrons. The van der Waals surface area contributed by atoms with Crippen LogP contribution in [0.15, 0.2) is 54.6 Å². The molecular weight excluding hydrogens is 480 g/mol. The Balaban J connectivity index is 1.28. The molecule has 1 saturated heterocycles. The Morgan fingerprint density at radius 1 is 1.05 bits per heavy atom. The molecule has 0 amide bonds. The van der Waals surface area contributed by atoms with E-state index in [0.717, 1.165) is 63.4 Å². The SMILES string of the molecule is N=C(N)N(CCCCN1CCNCC1CCCCCCCOc1ccccc1)Cc1ccc([N+](=O)[O-])cc1. The summed E-state index contributed by atoms with van der Waals surface area (Å²) in [5, 5.41) is 22.4. The third-order valence-electron chi connectivity index (χ3n) is 7.15. The Kier molecular flexibility index (Phi) is 12.9. The van der Waals surface area contributed by atoms with Crippen LogP contribution in [-0.4, -0.2) is 66.1 Å². The molecule has 1 atom stereocenters. The molecule has 1 fully saturated rings. The fourth-order valence-electron chi connectivity index (χ4n) is 4.95.